The molecule has 6 nitrogen and oxygen atoms in total. The van der Waals surface area contributed by atoms with Crippen molar-refractivity contribution in [1.82, 2.24) is 9.97 Å². The Kier molecular flexibility index (Phi) is 6.91. The zero-order valence-corrected chi connectivity index (χ0v) is 16.7. The van der Waals surface area contributed by atoms with Gasteiger partial charge in [-0.25, -0.2) is 9.97 Å². The summed E-state index contributed by atoms with van der Waals surface area (Å²) in [7, 11) is 0. The standard InChI is InChI=1S/C18H11ClF5N3O3S/c19-11-5-9(6-25-15(11)29-8-18(22,23)24)14(28)27-17-26-12(7-31-17)10-3-1-2-4-13(10)30-16(20)21/h1-7,16H,8H2,(H,26,27,28). The maximum absolute atomic E-state index is 12.6. The number of nitrogens with one attached hydrogen (secondary N) is 1. The summed E-state index contributed by atoms with van der Waals surface area (Å²) in [4.78, 5) is 20.2. The number of aromatic nitrogens is 2. The Labute approximate surface area is 180 Å². The number of carbonyl (C=O) groups excluding carboxylic acids is 1. The molecule has 0 radical (unpaired) electrons. The lowest BCUT2D eigenvalue weighted by Crippen LogP contribution is -2.20. The van der Waals surface area contributed by atoms with Crippen molar-refractivity contribution < 1.29 is 36.2 Å². The van der Waals surface area contributed by atoms with Crippen LogP contribution in [0.3, 0.4) is 0 Å². The van der Waals surface area contributed by atoms with Crippen LogP contribution in [0.4, 0.5) is 27.1 Å². The van der Waals surface area contributed by atoms with Crippen molar-refractivity contribution in [2.75, 3.05) is 11.9 Å². The van der Waals surface area contributed by atoms with Gasteiger partial charge >= 0.3 is 12.8 Å². The first-order chi connectivity index (χ1) is 14.6. The first-order valence-corrected chi connectivity index (χ1v) is 9.54. The molecule has 0 spiro atoms. The summed E-state index contributed by atoms with van der Waals surface area (Å²) in [5.41, 5.74) is 0.543. The smallest absolute Gasteiger partial charge is 0.422 e. The molecule has 0 saturated carbocycles. The SMILES string of the molecule is O=C(Nc1nc(-c2ccccc2OC(F)F)cs1)c1cnc(OCC(F)(F)F)c(Cl)c1. The number of anilines is 1. The minimum atomic E-state index is -4.57. The van der Waals surface area contributed by atoms with Crippen molar-refractivity contribution in [3.05, 3.63) is 52.5 Å². The molecule has 3 rings (SSSR count). The summed E-state index contributed by atoms with van der Waals surface area (Å²) in [5.74, 6) is -1.23. The van der Waals surface area contributed by atoms with Crippen LogP contribution in [0, 0.1) is 0 Å². The van der Waals surface area contributed by atoms with E-state index in [4.69, 9.17) is 11.6 Å². The highest BCUT2D eigenvalue weighted by atomic mass is 35.5. The fraction of sp³-hybridized carbons (Fsp3) is 0.167. The number of nitrogens with zero attached hydrogens (tertiary/aromatic N) is 2. The maximum Gasteiger partial charge on any atom is 0.422 e. The Hall–Kier alpha value is -2.99. The predicted octanol–water partition coefficient (Wildman–Crippen LogP) is 5.65. The second-order valence-corrected chi connectivity index (χ2v) is 7.05. The van der Waals surface area contributed by atoms with Crippen LogP contribution in [0.5, 0.6) is 11.6 Å². The van der Waals surface area contributed by atoms with Gasteiger partial charge in [0.2, 0.25) is 5.88 Å². The van der Waals surface area contributed by atoms with Crippen LogP contribution in [0.15, 0.2) is 41.9 Å². The number of ether oxygens (including phenoxy) is 2. The summed E-state index contributed by atoms with van der Waals surface area (Å²) in [6.45, 7) is -4.59. The zero-order valence-electron chi connectivity index (χ0n) is 15.1. The van der Waals surface area contributed by atoms with Crippen molar-refractivity contribution in [3.8, 4) is 22.9 Å². The van der Waals surface area contributed by atoms with E-state index in [2.05, 4.69) is 24.8 Å². The lowest BCUT2D eigenvalue weighted by atomic mass is 10.1. The van der Waals surface area contributed by atoms with E-state index in [9.17, 15) is 26.7 Å². The van der Waals surface area contributed by atoms with Gasteiger partial charge in [0, 0.05) is 17.1 Å². The zero-order chi connectivity index (χ0) is 22.6. The lowest BCUT2D eigenvalue weighted by molar-refractivity contribution is -0.154. The van der Waals surface area contributed by atoms with Gasteiger partial charge in [-0.3, -0.25) is 10.1 Å². The van der Waals surface area contributed by atoms with E-state index in [1.807, 2.05) is 0 Å². The molecule has 1 N–H and O–H groups in total. The van der Waals surface area contributed by atoms with E-state index >= 15 is 0 Å². The van der Waals surface area contributed by atoms with Crippen LogP contribution in [0.25, 0.3) is 11.3 Å². The molecule has 13 heteroatoms. The molecule has 0 fully saturated rings. The molecule has 0 aliphatic carbocycles. The third kappa shape index (κ3) is 6.25. The van der Waals surface area contributed by atoms with Crippen LogP contribution in [-0.4, -0.2) is 35.3 Å². The maximum atomic E-state index is 12.6. The van der Waals surface area contributed by atoms with Crippen molar-refractivity contribution >= 4 is 34.0 Å². The van der Waals surface area contributed by atoms with Gasteiger partial charge in [-0.1, -0.05) is 23.7 Å². The van der Waals surface area contributed by atoms with Gasteiger partial charge in [0.15, 0.2) is 11.7 Å². The van der Waals surface area contributed by atoms with E-state index in [0.29, 0.717) is 11.3 Å². The monoisotopic (exact) mass is 479 g/mol. The minimum absolute atomic E-state index is 0.0532. The largest absolute Gasteiger partial charge is 0.467 e. The highest BCUT2D eigenvalue weighted by Crippen LogP contribution is 2.33. The molecule has 2 heterocycles. The van der Waals surface area contributed by atoms with E-state index in [1.54, 1.807) is 6.07 Å². The minimum Gasteiger partial charge on any atom is -0.467 e. The Morgan fingerprint density at radius 3 is 2.68 bits per heavy atom. The number of thiazole rings is 1. The molecule has 1 aromatic carbocycles. The number of alkyl halides is 5. The quantitative estimate of drug-likeness (QED) is 0.443. The van der Waals surface area contributed by atoms with Crippen molar-refractivity contribution in [2.45, 2.75) is 12.8 Å². The van der Waals surface area contributed by atoms with Crippen molar-refractivity contribution in [3.63, 3.8) is 0 Å². The summed E-state index contributed by atoms with van der Waals surface area (Å²) in [6, 6.07) is 7.11. The molecule has 1 amide bonds. The van der Waals surface area contributed by atoms with Crippen molar-refractivity contribution in [1.29, 1.82) is 0 Å². The molecule has 0 saturated heterocycles. The summed E-state index contributed by atoms with van der Waals surface area (Å²) in [5, 5.41) is 3.86. The lowest BCUT2D eigenvalue weighted by Gasteiger charge is -2.10. The predicted molar refractivity (Wildman–Crippen MR) is 103 cm³/mol. The number of hydrogen-bond donors (Lipinski definition) is 1. The average Bonchev–Trinajstić information content (AvgIpc) is 3.14. The number of amides is 1. The molecule has 164 valence electrons. The van der Waals surface area contributed by atoms with Crippen LogP contribution < -0.4 is 14.8 Å². The molecule has 0 aliphatic rings. The molecule has 0 bridgehead atoms. The molecule has 0 aliphatic heterocycles. The number of halogens is 6. The van der Waals surface area contributed by atoms with Gasteiger partial charge in [-0.2, -0.15) is 22.0 Å². The number of benzene rings is 1. The molecule has 3 aromatic rings. The number of carbonyl (C=O) groups is 1. The second kappa shape index (κ2) is 9.43. The van der Waals surface area contributed by atoms with Gasteiger partial charge in [0.1, 0.15) is 10.8 Å². The number of pyridine rings is 1. The van der Waals surface area contributed by atoms with E-state index in [-0.39, 0.29) is 21.5 Å². The van der Waals surface area contributed by atoms with Crippen molar-refractivity contribution in [2.24, 2.45) is 0 Å². The van der Waals surface area contributed by atoms with E-state index in [0.717, 1.165) is 23.6 Å². The fourth-order valence-corrected chi connectivity index (χ4v) is 3.23. The molecule has 0 unspecified atom stereocenters. The van der Waals surface area contributed by atoms with E-state index in [1.165, 1.54) is 23.6 Å². The number of rotatable bonds is 7. The van der Waals surface area contributed by atoms with Crippen LogP contribution in [-0.2, 0) is 0 Å². The second-order valence-electron chi connectivity index (χ2n) is 5.78. The number of para-hydroxylation sites is 1. The molecular weight excluding hydrogens is 469 g/mol. The van der Waals surface area contributed by atoms with Crippen LogP contribution in [0.1, 0.15) is 10.4 Å². The molecular formula is C18H11ClF5N3O3S. The third-order valence-electron chi connectivity index (χ3n) is 3.55. The summed E-state index contributed by atoms with van der Waals surface area (Å²) >= 11 is 6.85. The normalized spacial score (nSPS) is 11.5. The van der Waals surface area contributed by atoms with Gasteiger partial charge in [-0.15, -0.1) is 11.3 Å². The van der Waals surface area contributed by atoms with E-state index < -0.39 is 31.2 Å². The summed E-state index contributed by atoms with van der Waals surface area (Å²) in [6.07, 6.45) is -3.57. The Morgan fingerprint density at radius 2 is 2.00 bits per heavy atom. The molecule has 31 heavy (non-hydrogen) atoms. The Balaban J connectivity index is 1.71. The number of hydrogen-bond acceptors (Lipinski definition) is 6. The highest BCUT2D eigenvalue weighted by molar-refractivity contribution is 7.14. The Bertz CT molecular complexity index is 1080. The first-order valence-electron chi connectivity index (χ1n) is 8.28. The highest BCUT2D eigenvalue weighted by Gasteiger charge is 2.29. The average molecular weight is 480 g/mol. The van der Waals surface area contributed by atoms with Crippen LogP contribution in [0.2, 0.25) is 5.02 Å². The van der Waals surface area contributed by atoms with Gasteiger partial charge in [-0.05, 0) is 18.2 Å². The molecule has 2 aromatic heterocycles. The van der Waals surface area contributed by atoms with Crippen LogP contribution >= 0.6 is 22.9 Å². The first kappa shape index (κ1) is 22.7. The Morgan fingerprint density at radius 1 is 1.26 bits per heavy atom. The molecule has 0 atom stereocenters. The fourth-order valence-electron chi connectivity index (χ4n) is 2.31. The summed E-state index contributed by atoms with van der Waals surface area (Å²) < 4.78 is 70.7. The topological polar surface area (TPSA) is 73.3 Å². The van der Waals surface area contributed by atoms with Gasteiger partial charge < -0.3 is 9.47 Å². The van der Waals surface area contributed by atoms with Gasteiger partial charge in [0.25, 0.3) is 5.91 Å². The third-order valence-corrected chi connectivity index (χ3v) is 4.57. The van der Waals surface area contributed by atoms with Gasteiger partial charge in [0.05, 0.1) is 11.3 Å².